The van der Waals surface area contributed by atoms with Crippen LogP contribution in [0.2, 0.25) is 0 Å². The summed E-state index contributed by atoms with van der Waals surface area (Å²) in [5.41, 5.74) is 2.84. The Morgan fingerprint density at radius 3 is 2.05 bits per heavy atom. The fraction of sp³-hybridized carbons (Fsp3) is 0.103. The molecule has 0 atom stereocenters. The summed E-state index contributed by atoms with van der Waals surface area (Å²) in [6.07, 6.45) is 0. The molecule has 9 heteroatoms. The molecule has 2 aromatic heterocycles. The summed E-state index contributed by atoms with van der Waals surface area (Å²) >= 11 is 0. The van der Waals surface area contributed by atoms with Crippen molar-refractivity contribution < 1.29 is 13.9 Å². The smallest absolute Gasteiger partial charge is 0.349 e. The van der Waals surface area contributed by atoms with E-state index in [-0.39, 0.29) is 5.56 Å². The summed E-state index contributed by atoms with van der Waals surface area (Å²) < 4.78 is 10.6. The van der Waals surface area contributed by atoms with Crippen LogP contribution in [0.1, 0.15) is 21.7 Å². The van der Waals surface area contributed by atoms with Gasteiger partial charge in [0.15, 0.2) is 11.3 Å². The number of ether oxygens (including phenoxy) is 1. The SMILES string of the molecule is COc1cccc2cc(C(=O)Nc3ccc(Nc4cc(Nc5ccc(C)cc5)nc(C)n4)cc3)c(=O)oc12. The van der Waals surface area contributed by atoms with Crippen molar-refractivity contribution in [1.29, 1.82) is 0 Å². The minimum absolute atomic E-state index is 0.0991. The first-order valence-electron chi connectivity index (χ1n) is 11.9. The van der Waals surface area contributed by atoms with E-state index in [2.05, 4.69) is 25.9 Å². The van der Waals surface area contributed by atoms with Gasteiger partial charge in [-0.15, -0.1) is 0 Å². The van der Waals surface area contributed by atoms with Gasteiger partial charge in [-0.05, 0) is 62.4 Å². The van der Waals surface area contributed by atoms with Crippen molar-refractivity contribution in [2.45, 2.75) is 13.8 Å². The summed E-state index contributed by atoms with van der Waals surface area (Å²) in [4.78, 5) is 34.2. The van der Waals surface area contributed by atoms with Crippen molar-refractivity contribution in [2.24, 2.45) is 0 Å². The molecule has 5 aromatic rings. The zero-order valence-corrected chi connectivity index (χ0v) is 21.0. The largest absolute Gasteiger partial charge is 0.493 e. The maximum Gasteiger partial charge on any atom is 0.349 e. The van der Waals surface area contributed by atoms with Gasteiger partial charge in [-0.25, -0.2) is 14.8 Å². The first-order chi connectivity index (χ1) is 18.4. The lowest BCUT2D eigenvalue weighted by atomic mass is 10.1. The van der Waals surface area contributed by atoms with Gasteiger partial charge in [-0.1, -0.05) is 29.8 Å². The number of para-hydroxylation sites is 1. The summed E-state index contributed by atoms with van der Waals surface area (Å²) in [5.74, 6) is 1.75. The molecule has 9 nitrogen and oxygen atoms in total. The van der Waals surface area contributed by atoms with Gasteiger partial charge >= 0.3 is 5.63 Å². The second-order valence-electron chi connectivity index (χ2n) is 8.66. The van der Waals surface area contributed by atoms with E-state index in [0.717, 1.165) is 11.4 Å². The molecule has 0 aliphatic rings. The number of amides is 1. The number of aryl methyl sites for hydroxylation is 2. The van der Waals surface area contributed by atoms with Crippen LogP contribution in [0.25, 0.3) is 11.0 Å². The molecule has 0 aliphatic heterocycles. The van der Waals surface area contributed by atoms with E-state index in [4.69, 9.17) is 9.15 Å². The lowest BCUT2D eigenvalue weighted by Crippen LogP contribution is -2.20. The van der Waals surface area contributed by atoms with Gasteiger partial charge in [-0.3, -0.25) is 4.79 Å². The number of aromatic nitrogens is 2. The Balaban J connectivity index is 1.29. The van der Waals surface area contributed by atoms with Crippen molar-refractivity contribution in [2.75, 3.05) is 23.1 Å². The van der Waals surface area contributed by atoms with Crippen LogP contribution in [-0.2, 0) is 0 Å². The van der Waals surface area contributed by atoms with Crippen LogP contribution >= 0.6 is 0 Å². The van der Waals surface area contributed by atoms with E-state index in [1.54, 1.807) is 42.5 Å². The third-order valence-corrected chi connectivity index (χ3v) is 5.77. The molecule has 190 valence electrons. The first-order valence-corrected chi connectivity index (χ1v) is 11.9. The standard InChI is InChI=1S/C29H25N5O4/c1-17-7-9-20(10-8-17)32-25-16-26(31-18(2)30-25)33-21-11-13-22(14-12-21)34-28(35)23-15-19-5-4-6-24(37-3)27(19)38-29(23)36/h4-16H,1-3H3,(H,34,35)(H2,30,31,32,33). The van der Waals surface area contributed by atoms with Gasteiger partial charge in [0, 0.05) is 28.5 Å². The number of rotatable bonds is 7. The average molecular weight is 508 g/mol. The topological polar surface area (TPSA) is 118 Å². The highest BCUT2D eigenvalue weighted by Crippen LogP contribution is 2.25. The van der Waals surface area contributed by atoms with E-state index in [0.29, 0.717) is 39.9 Å². The third-order valence-electron chi connectivity index (χ3n) is 5.77. The molecule has 1 amide bonds. The normalized spacial score (nSPS) is 10.7. The van der Waals surface area contributed by atoms with Crippen LogP contribution < -0.4 is 26.3 Å². The number of hydrogen-bond donors (Lipinski definition) is 3. The second kappa shape index (κ2) is 10.4. The van der Waals surface area contributed by atoms with Crippen LogP contribution in [0.3, 0.4) is 0 Å². The summed E-state index contributed by atoms with van der Waals surface area (Å²) in [6, 6.07) is 23.6. The second-order valence-corrected chi connectivity index (χ2v) is 8.66. The number of nitrogens with zero attached hydrogens (tertiary/aromatic N) is 2. The molecule has 0 unspecified atom stereocenters. The molecular weight excluding hydrogens is 482 g/mol. The first kappa shape index (κ1) is 24.5. The molecule has 3 aromatic carbocycles. The summed E-state index contributed by atoms with van der Waals surface area (Å²) in [7, 11) is 1.49. The number of nitrogens with one attached hydrogen (secondary N) is 3. The van der Waals surface area contributed by atoms with E-state index >= 15 is 0 Å². The van der Waals surface area contributed by atoms with Gasteiger partial charge in [-0.2, -0.15) is 0 Å². The molecule has 0 aliphatic carbocycles. The van der Waals surface area contributed by atoms with Gasteiger partial charge in [0.05, 0.1) is 7.11 Å². The Hall–Kier alpha value is -5.18. The predicted molar refractivity (Wildman–Crippen MR) is 148 cm³/mol. The number of carbonyl (C=O) groups is 1. The zero-order chi connectivity index (χ0) is 26.6. The Bertz CT molecular complexity index is 1680. The number of anilines is 5. The fourth-order valence-corrected chi connectivity index (χ4v) is 3.90. The van der Waals surface area contributed by atoms with Crippen LogP contribution in [-0.4, -0.2) is 23.0 Å². The van der Waals surface area contributed by atoms with Crippen LogP contribution in [0, 0.1) is 13.8 Å². The van der Waals surface area contributed by atoms with Gasteiger partial charge < -0.3 is 25.1 Å². The van der Waals surface area contributed by atoms with Gasteiger partial charge in [0.1, 0.15) is 23.0 Å². The van der Waals surface area contributed by atoms with Crippen molar-refractivity contribution in [3.63, 3.8) is 0 Å². The molecule has 0 fully saturated rings. The molecular formula is C29H25N5O4. The van der Waals surface area contributed by atoms with Crippen molar-refractivity contribution in [3.8, 4) is 5.75 Å². The zero-order valence-electron chi connectivity index (χ0n) is 21.0. The lowest BCUT2D eigenvalue weighted by molar-refractivity contribution is 0.102. The highest BCUT2D eigenvalue weighted by atomic mass is 16.5. The average Bonchev–Trinajstić information content (AvgIpc) is 2.90. The molecule has 2 heterocycles. The van der Waals surface area contributed by atoms with Crippen molar-refractivity contribution >= 4 is 45.6 Å². The highest BCUT2D eigenvalue weighted by Gasteiger charge is 2.16. The molecule has 0 radical (unpaired) electrons. The predicted octanol–water partition coefficient (Wildman–Crippen LogP) is 5.95. The number of carbonyl (C=O) groups excluding carboxylic acids is 1. The molecule has 3 N–H and O–H groups in total. The van der Waals surface area contributed by atoms with Crippen LogP contribution in [0.4, 0.5) is 28.7 Å². The Labute approximate surface area is 218 Å². The highest BCUT2D eigenvalue weighted by molar-refractivity contribution is 6.05. The van der Waals surface area contributed by atoms with Crippen molar-refractivity contribution in [3.05, 3.63) is 106 Å². The monoisotopic (exact) mass is 507 g/mol. The minimum atomic E-state index is -0.744. The Morgan fingerprint density at radius 1 is 0.816 bits per heavy atom. The molecule has 0 bridgehead atoms. The van der Waals surface area contributed by atoms with E-state index in [1.165, 1.54) is 18.7 Å². The Kier molecular flexibility index (Phi) is 6.73. The summed E-state index contributed by atoms with van der Waals surface area (Å²) in [6.45, 7) is 3.86. The number of fused-ring (bicyclic) bond motifs is 1. The quantitative estimate of drug-likeness (QED) is 0.231. The van der Waals surface area contributed by atoms with Crippen LogP contribution in [0.15, 0.2) is 88.1 Å². The number of methoxy groups -OCH3 is 1. The Morgan fingerprint density at radius 2 is 1.42 bits per heavy atom. The number of benzene rings is 3. The fourth-order valence-electron chi connectivity index (χ4n) is 3.90. The maximum absolute atomic E-state index is 12.8. The van der Waals surface area contributed by atoms with Gasteiger partial charge in [0.2, 0.25) is 0 Å². The molecule has 0 spiro atoms. The molecule has 5 rings (SSSR count). The molecule has 0 saturated heterocycles. The maximum atomic E-state index is 12.8. The van der Waals surface area contributed by atoms with Crippen molar-refractivity contribution in [1.82, 2.24) is 9.97 Å². The number of hydrogen-bond acceptors (Lipinski definition) is 8. The molecule has 38 heavy (non-hydrogen) atoms. The lowest BCUT2D eigenvalue weighted by Gasteiger charge is -2.11. The summed E-state index contributed by atoms with van der Waals surface area (Å²) in [5, 5.41) is 9.87. The van der Waals surface area contributed by atoms with Crippen LogP contribution in [0.5, 0.6) is 5.75 Å². The minimum Gasteiger partial charge on any atom is -0.493 e. The van der Waals surface area contributed by atoms with E-state index in [1.807, 2.05) is 44.2 Å². The van der Waals surface area contributed by atoms with E-state index in [9.17, 15) is 9.59 Å². The van der Waals surface area contributed by atoms with Gasteiger partial charge in [0.25, 0.3) is 5.91 Å². The third kappa shape index (κ3) is 5.46. The van der Waals surface area contributed by atoms with E-state index < -0.39 is 11.5 Å². The molecule has 0 saturated carbocycles.